The van der Waals surface area contributed by atoms with Crippen LogP contribution in [0.3, 0.4) is 0 Å². The minimum atomic E-state index is -0.588. The summed E-state index contributed by atoms with van der Waals surface area (Å²) in [5.41, 5.74) is 24.7. The van der Waals surface area contributed by atoms with Crippen molar-refractivity contribution in [2.24, 2.45) is 0 Å². The first-order chi connectivity index (χ1) is 31.9. The topological polar surface area (TPSA) is 3.24 Å². The van der Waals surface area contributed by atoms with Gasteiger partial charge in [0.2, 0.25) is 0 Å². The number of fused-ring (bicyclic) bond motifs is 11. The Morgan fingerprint density at radius 2 is 0.831 bits per heavy atom. The van der Waals surface area contributed by atoms with Crippen molar-refractivity contribution in [1.29, 1.82) is 0 Å². The SMILES string of the molecule is C=C/C=C1\C(=C)C(C)(C)c2cc(N(c3ccc4c(c3)C3(c5ccccc5-4)c4cc(-c5ccccc5)ccc4-c4ccc(-c5ccccc5)cc43)c3ccccc3-c3ccccc3)ccc21. The molecule has 9 aromatic rings. The van der Waals surface area contributed by atoms with Crippen LogP contribution >= 0.6 is 0 Å². The van der Waals surface area contributed by atoms with Crippen LogP contribution in [0.2, 0.25) is 0 Å². The lowest BCUT2D eigenvalue weighted by atomic mass is 9.69. The minimum Gasteiger partial charge on any atom is -0.310 e. The summed E-state index contributed by atoms with van der Waals surface area (Å²) in [5.74, 6) is 0. The monoisotopic (exact) mass is 829 g/mol. The fourth-order valence-corrected chi connectivity index (χ4v) is 11.3. The Morgan fingerprint density at radius 1 is 0.385 bits per heavy atom. The second-order valence-electron chi connectivity index (χ2n) is 18.1. The fraction of sp³-hybridized carbons (Fsp3) is 0.0625. The van der Waals surface area contributed by atoms with E-state index in [-0.39, 0.29) is 5.41 Å². The van der Waals surface area contributed by atoms with Gasteiger partial charge in [0.1, 0.15) is 0 Å². The number of benzene rings is 9. The summed E-state index contributed by atoms with van der Waals surface area (Å²) in [7, 11) is 0. The van der Waals surface area contributed by atoms with Crippen molar-refractivity contribution in [1.82, 2.24) is 0 Å². The molecular weight excluding hydrogens is 783 g/mol. The Hall–Kier alpha value is -8.00. The van der Waals surface area contributed by atoms with E-state index < -0.39 is 5.41 Å². The lowest BCUT2D eigenvalue weighted by Gasteiger charge is -2.33. The second-order valence-corrected chi connectivity index (χ2v) is 18.1. The molecule has 3 aliphatic rings. The lowest BCUT2D eigenvalue weighted by molar-refractivity contribution is 0.663. The van der Waals surface area contributed by atoms with Gasteiger partial charge in [0.15, 0.2) is 0 Å². The van der Waals surface area contributed by atoms with Crippen LogP contribution in [-0.4, -0.2) is 0 Å². The van der Waals surface area contributed by atoms with Crippen molar-refractivity contribution in [3.8, 4) is 55.6 Å². The van der Waals surface area contributed by atoms with Gasteiger partial charge in [-0.1, -0.05) is 209 Å². The van der Waals surface area contributed by atoms with Gasteiger partial charge in [-0.3, -0.25) is 0 Å². The van der Waals surface area contributed by atoms with E-state index in [1.54, 1.807) is 0 Å². The van der Waals surface area contributed by atoms with Crippen molar-refractivity contribution < 1.29 is 0 Å². The number of hydrogen-bond donors (Lipinski definition) is 0. The maximum Gasteiger partial charge on any atom is 0.0726 e. The molecule has 0 amide bonds. The molecule has 0 atom stereocenters. The van der Waals surface area contributed by atoms with Gasteiger partial charge in [-0.25, -0.2) is 0 Å². The van der Waals surface area contributed by atoms with E-state index in [0.717, 1.165) is 28.2 Å². The van der Waals surface area contributed by atoms with Gasteiger partial charge in [-0.15, -0.1) is 0 Å². The summed E-state index contributed by atoms with van der Waals surface area (Å²) in [4.78, 5) is 2.49. The molecule has 0 unspecified atom stereocenters. The summed E-state index contributed by atoms with van der Waals surface area (Å²) in [5, 5.41) is 0. The van der Waals surface area contributed by atoms with Gasteiger partial charge in [0, 0.05) is 22.4 Å². The molecule has 0 heterocycles. The molecule has 1 heteroatoms. The Balaban J connectivity index is 1.16. The van der Waals surface area contributed by atoms with E-state index in [0.29, 0.717) is 0 Å². The average Bonchev–Trinajstić information content (AvgIpc) is 3.89. The third-order valence-corrected chi connectivity index (χ3v) is 14.5. The van der Waals surface area contributed by atoms with E-state index in [9.17, 15) is 0 Å². The van der Waals surface area contributed by atoms with Gasteiger partial charge < -0.3 is 4.90 Å². The zero-order chi connectivity index (χ0) is 43.9. The molecule has 0 aromatic heterocycles. The van der Waals surface area contributed by atoms with E-state index in [1.165, 1.54) is 89.0 Å². The predicted octanol–water partition coefficient (Wildman–Crippen LogP) is 16.9. The zero-order valence-corrected chi connectivity index (χ0v) is 36.7. The minimum absolute atomic E-state index is 0.265. The number of hydrogen-bond acceptors (Lipinski definition) is 1. The Bertz CT molecular complexity index is 3330. The molecule has 65 heavy (non-hydrogen) atoms. The molecule has 1 spiro atoms. The number of rotatable bonds is 7. The first kappa shape index (κ1) is 38.7. The Morgan fingerprint density at radius 3 is 1.42 bits per heavy atom. The number of nitrogens with zero attached hydrogens (tertiary/aromatic N) is 1. The number of anilines is 3. The molecule has 308 valence electrons. The highest BCUT2D eigenvalue weighted by atomic mass is 15.1. The Labute approximate surface area is 382 Å². The summed E-state index contributed by atoms with van der Waals surface area (Å²) in [6, 6.07) is 79.0. The molecule has 9 aromatic carbocycles. The van der Waals surface area contributed by atoms with Crippen molar-refractivity contribution in [3.05, 3.63) is 277 Å². The normalized spacial score (nSPS) is 15.0. The highest BCUT2D eigenvalue weighted by molar-refractivity contribution is 5.99. The lowest BCUT2D eigenvalue weighted by Crippen LogP contribution is -2.26. The van der Waals surface area contributed by atoms with Crippen LogP contribution in [0.25, 0.3) is 61.2 Å². The molecule has 0 saturated carbocycles. The standard InChI is InChI=1S/C64H47N/c1-5-19-50-42(2)63(3,4)58-40-48(32-36-53(50)58)65(62-29-18-16-26-51(62)45-24-13-8-14-25-45)49-33-37-56-52-27-15-17-28-57(52)64(61(56)41-49)59-38-46(43-20-9-6-10-21-43)30-34-54(59)55-35-31-47(39-60(55)64)44-22-11-7-12-23-44/h5-41H,1-2H2,3-4H3/b50-19+. The number of para-hydroxylation sites is 1. The van der Waals surface area contributed by atoms with Crippen molar-refractivity contribution in [2.75, 3.05) is 4.90 Å². The fourth-order valence-electron chi connectivity index (χ4n) is 11.3. The third kappa shape index (κ3) is 5.72. The van der Waals surface area contributed by atoms with E-state index in [4.69, 9.17) is 0 Å². The van der Waals surface area contributed by atoms with E-state index in [2.05, 4.69) is 250 Å². The van der Waals surface area contributed by atoms with Crippen molar-refractivity contribution >= 4 is 22.6 Å². The largest absolute Gasteiger partial charge is 0.310 e. The number of allylic oxidation sites excluding steroid dienone is 4. The molecule has 0 fully saturated rings. The van der Waals surface area contributed by atoms with Crippen molar-refractivity contribution in [2.45, 2.75) is 24.7 Å². The molecule has 0 saturated heterocycles. The molecule has 0 bridgehead atoms. The van der Waals surface area contributed by atoms with Crippen LogP contribution in [0.5, 0.6) is 0 Å². The first-order valence-corrected chi connectivity index (χ1v) is 22.6. The summed E-state index contributed by atoms with van der Waals surface area (Å²) in [6.45, 7) is 13.3. The summed E-state index contributed by atoms with van der Waals surface area (Å²) in [6.07, 6.45) is 3.99. The highest BCUT2D eigenvalue weighted by Crippen LogP contribution is 2.64. The zero-order valence-electron chi connectivity index (χ0n) is 36.7. The van der Waals surface area contributed by atoms with Gasteiger partial charge >= 0.3 is 0 Å². The second kappa shape index (κ2) is 14.8. The Kier molecular flexibility index (Phi) is 8.80. The van der Waals surface area contributed by atoms with Crippen LogP contribution in [0, 0.1) is 0 Å². The molecule has 0 radical (unpaired) electrons. The highest BCUT2D eigenvalue weighted by Gasteiger charge is 2.52. The predicted molar refractivity (Wildman–Crippen MR) is 274 cm³/mol. The van der Waals surface area contributed by atoms with Gasteiger partial charge in [0.25, 0.3) is 0 Å². The quantitative estimate of drug-likeness (QED) is 0.155. The molecule has 0 N–H and O–H groups in total. The van der Waals surface area contributed by atoms with Gasteiger partial charge in [0.05, 0.1) is 11.1 Å². The van der Waals surface area contributed by atoms with Crippen molar-refractivity contribution in [3.63, 3.8) is 0 Å². The maximum absolute atomic E-state index is 4.62. The maximum atomic E-state index is 4.62. The molecule has 3 aliphatic carbocycles. The molecule has 1 nitrogen and oxygen atoms in total. The summed E-state index contributed by atoms with van der Waals surface area (Å²) >= 11 is 0. The van der Waals surface area contributed by atoms with Crippen LogP contribution in [0.4, 0.5) is 17.1 Å². The molecule has 0 aliphatic heterocycles. The van der Waals surface area contributed by atoms with Crippen LogP contribution in [0.1, 0.15) is 47.2 Å². The van der Waals surface area contributed by atoms with Crippen LogP contribution in [-0.2, 0) is 10.8 Å². The van der Waals surface area contributed by atoms with Crippen LogP contribution in [0.15, 0.2) is 243 Å². The third-order valence-electron chi connectivity index (χ3n) is 14.5. The summed E-state index contributed by atoms with van der Waals surface area (Å²) < 4.78 is 0. The van der Waals surface area contributed by atoms with Crippen LogP contribution < -0.4 is 4.90 Å². The van der Waals surface area contributed by atoms with E-state index in [1.807, 2.05) is 6.08 Å². The molecular formula is C64H47N. The van der Waals surface area contributed by atoms with Gasteiger partial charge in [-0.05, 0) is 137 Å². The first-order valence-electron chi connectivity index (χ1n) is 22.6. The smallest absolute Gasteiger partial charge is 0.0726 e. The van der Waals surface area contributed by atoms with Gasteiger partial charge in [-0.2, -0.15) is 0 Å². The molecule has 12 rings (SSSR count). The van der Waals surface area contributed by atoms with E-state index >= 15 is 0 Å². The average molecular weight is 830 g/mol.